The average Bonchev–Trinajstić information content (AvgIpc) is 3.39. The second-order valence-electron chi connectivity index (χ2n) is 7.51. The number of methoxy groups -OCH3 is 2. The lowest BCUT2D eigenvalue weighted by Gasteiger charge is -2.20. The molecule has 0 bridgehead atoms. The molecular formula is C23H26ClN3O4S. The first-order valence-electron chi connectivity index (χ1n) is 9.90. The van der Waals surface area contributed by atoms with Gasteiger partial charge in [-0.25, -0.2) is 4.98 Å². The van der Waals surface area contributed by atoms with E-state index in [4.69, 9.17) is 18.9 Å². The number of hydrogen-bond donors (Lipinski definition) is 0. The third kappa shape index (κ3) is 4.39. The van der Waals surface area contributed by atoms with E-state index in [0.717, 1.165) is 21.2 Å². The number of benzene rings is 2. The third-order valence-corrected chi connectivity index (χ3v) is 6.31. The summed E-state index contributed by atoms with van der Waals surface area (Å²) in [6, 6.07) is 11.2. The third-order valence-electron chi connectivity index (χ3n) is 5.10. The summed E-state index contributed by atoms with van der Waals surface area (Å²) < 4.78 is 17.8. The van der Waals surface area contributed by atoms with E-state index in [1.165, 1.54) is 11.3 Å². The van der Waals surface area contributed by atoms with Gasteiger partial charge in [0.05, 0.1) is 18.9 Å². The summed E-state index contributed by atoms with van der Waals surface area (Å²) in [7, 11) is 7.15. The summed E-state index contributed by atoms with van der Waals surface area (Å²) >= 11 is 1.48. The Labute approximate surface area is 196 Å². The minimum Gasteiger partial charge on any atom is -0.494 e. The highest BCUT2D eigenvalue weighted by Gasteiger charge is 2.26. The van der Waals surface area contributed by atoms with Crippen molar-refractivity contribution in [2.75, 3.05) is 46.3 Å². The maximum atomic E-state index is 13.6. The Morgan fingerprint density at radius 1 is 1.09 bits per heavy atom. The van der Waals surface area contributed by atoms with Crippen molar-refractivity contribution in [2.24, 2.45) is 0 Å². The molecule has 0 aliphatic rings. The molecule has 0 unspecified atom stereocenters. The van der Waals surface area contributed by atoms with Crippen molar-refractivity contribution in [2.45, 2.75) is 6.92 Å². The Kier molecular flexibility index (Phi) is 7.28. The molecule has 0 aliphatic heterocycles. The van der Waals surface area contributed by atoms with E-state index in [0.29, 0.717) is 35.3 Å². The molecule has 4 aromatic rings. The summed E-state index contributed by atoms with van der Waals surface area (Å²) in [6.45, 7) is 3.18. The summed E-state index contributed by atoms with van der Waals surface area (Å²) in [5, 5.41) is 1.43. The smallest absolute Gasteiger partial charge is 0.295 e. The monoisotopic (exact) mass is 475 g/mol. The summed E-state index contributed by atoms with van der Waals surface area (Å²) in [5.41, 5.74) is 2.41. The van der Waals surface area contributed by atoms with E-state index in [2.05, 4.69) is 0 Å². The van der Waals surface area contributed by atoms with Crippen molar-refractivity contribution < 1.29 is 18.7 Å². The Hall–Kier alpha value is -2.81. The van der Waals surface area contributed by atoms with Crippen molar-refractivity contribution in [1.82, 2.24) is 9.88 Å². The summed E-state index contributed by atoms with van der Waals surface area (Å²) in [5.74, 6) is 1.30. The number of para-hydroxylation sites is 1. The zero-order valence-electron chi connectivity index (χ0n) is 18.7. The van der Waals surface area contributed by atoms with Gasteiger partial charge >= 0.3 is 0 Å². The number of fused-ring (bicyclic) bond motifs is 2. The van der Waals surface area contributed by atoms with E-state index < -0.39 is 0 Å². The van der Waals surface area contributed by atoms with Gasteiger partial charge in [0.2, 0.25) is 0 Å². The van der Waals surface area contributed by atoms with Gasteiger partial charge in [-0.15, -0.1) is 12.4 Å². The lowest BCUT2D eigenvalue weighted by molar-refractivity contribution is 0.0960. The maximum absolute atomic E-state index is 13.6. The molecule has 0 aliphatic carbocycles. The number of carbonyl (C=O) groups excluding carboxylic acids is 1. The second-order valence-corrected chi connectivity index (χ2v) is 8.49. The first kappa shape index (κ1) is 23.8. The highest BCUT2D eigenvalue weighted by molar-refractivity contribution is 7.22. The minimum atomic E-state index is -0.240. The molecular weight excluding hydrogens is 450 g/mol. The highest BCUT2D eigenvalue weighted by atomic mass is 35.5. The van der Waals surface area contributed by atoms with Crippen LogP contribution >= 0.6 is 23.7 Å². The number of anilines is 1. The number of ether oxygens (including phenoxy) is 2. The first-order chi connectivity index (χ1) is 14.9. The molecule has 2 heterocycles. The molecule has 1 amide bonds. The molecule has 170 valence electrons. The van der Waals surface area contributed by atoms with Crippen molar-refractivity contribution in [3.63, 3.8) is 0 Å². The minimum absolute atomic E-state index is 0. The molecule has 4 rings (SSSR count). The lowest BCUT2D eigenvalue weighted by atomic mass is 10.2. The van der Waals surface area contributed by atoms with E-state index in [-0.39, 0.29) is 24.1 Å². The van der Waals surface area contributed by atoms with Crippen LogP contribution in [0.25, 0.3) is 21.2 Å². The van der Waals surface area contributed by atoms with Gasteiger partial charge < -0.3 is 18.8 Å². The number of thiazole rings is 1. The van der Waals surface area contributed by atoms with E-state index in [1.807, 2.05) is 56.3 Å². The topological polar surface area (TPSA) is 68.0 Å². The molecule has 0 saturated heterocycles. The fraction of sp³-hybridized carbons (Fsp3) is 0.304. The van der Waals surface area contributed by atoms with Crippen molar-refractivity contribution in [1.29, 1.82) is 0 Å². The van der Waals surface area contributed by atoms with Crippen LogP contribution in [0.3, 0.4) is 0 Å². The molecule has 9 heteroatoms. The number of furan rings is 1. The number of aryl methyl sites for hydroxylation is 1. The number of hydrogen-bond acceptors (Lipinski definition) is 7. The van der Waals surface area contributed by atoms with Crippen molar-refractivity contribution in [3.05, 3.63) is 47.7 Å². The first-order valence-corrected chi connectivity index (χ1v) is 10.7. The predicted molar refractivity (Wildman–Crippen MR) is 131 cm³/mol. The molecule has 0 N–H and O–H groups in total. The van der Waals surface area contributed by atoms with Crippen molar-refractivity contribution in [3.8, 4) is 11.5 Å². The van der Waals surface area contributed by atoms with Crippen LogP contribution in [-0.2, 0) is 0 Å². The molecule has 7 nitrogen and oxygen atoms in total. The molecule has 0 spiro atoms. The fourth-order valence-corrected chi connectivity index (χ4v) is 4.47. The molecule has 32 heavy (non-hydrogen) atoms. The predicted octanol–water partition coefficient (Wildman–Crippen LogP) is 5.00. The Bertz CT molecular complexity index is 1250. The van der Waals surface area contributed by atoms with Crippen LogP contribution in [0.2, 0.25) is 0 Å². The quantitative estimate of drug-likeness (QED) is 0.374. The molecule has 0 saturated carbocycles. The number of halogens is 1. The van der Waals surface area contributed by atoms with Crippen LogP contribution in [0.1, 0.15) is 16.1 Å². The van der Waals surface area contributed by atoms with Gasteiger partial charge in [0, 0.05) is 18.5 Å². The van der Waals surface area contributed by atoms with Gasteiger partial charge in [0.1, 0.15) is 11.3 Å². The Morgan fingerprint density at radius 3 is 2.53 bits per heavy atom. The zero-order valence-corrected chi connectivity index (χ0v) is 20.3. The molecule has 0 radical (unpaired) electrons. The van der Waals surface area contributed by atoms with Gasteiger partial charge in [0.15, 0.2) is 22.2 Å². The van der Waals surface area contributed by atoms with Crippen LogP contribution in [0.15, 0.2) is 40.8 Å². The van der Waals surface area contributed by atoms with Crippen LogP contribution in [0.4, 0.5) is 5.13 Å². The van der Waals surface area contributed by atoms with Gasteiger partial charge in [0.25, 0.3) is 5.91 Å². The fourth-order valence-electron chi connectivity index (χ4n) is 3.40. The van der Waals surface area contributed by atoms with Gasteiger partial charge in [-0.2, -0.15) is 0 Å². The highest BCUT2D eigenvalue weighted by Crippen LogP contribution is 2.37. The number of rotatable bonds is 7. The number of likely N-dealkylation sites (N-methyl/N-ethyl adjacent to an activating group) is 1. The molecule has 2 aromatic heterocycles. The molecule has 2 aromatic carbocycles. The van der Waals surface area contributed by atoms with Crippen LogP contribution in [0.5, 0.6) is 11.5 Å². The van der Waals surface area contributed by atoms with E-state index in [1.54, 1.807) is 25.2 Å². The van der Waals surface area contributed by atoms with Gasteiger partial charge in [-0.1, -0.05) is 29.5 Å². The van der Waals surface area contributed by atoms with Crippen LogP contribution in [-0.4, -0.2) is 57.2 Å². The molecule has 0 fully saturated rings. The lowest BCUT2D eigenvalue weighted by Crippen LogP contribution is -2.36. The normalized spacial score (nSPS) is 11.1. The SMILES string of the molecule is COc1ccc(C)c2sc(N(CCN(C)C)C(=O)c3cc4cccc(OC)c4o3)nc12.Cl. The Morgan fingerprint density at radius 2 is 1.84 bits per heavy atom. The van der Waals surface area contributed by atoms with Crippen LogP contribution < -0.4 is 14.4 Å². The van der Waals surface area contributed by atoms with E-state index in [9.17, 15) is 4.79 Å². The van der Waals surface area contributed by atoms with Crippen LogP contribution in [0, 0.1) is 6.92 Å². The summed E-state index contributed by atoms with van der Waals surface area (Å²) in [6.07, 6.45) is 0. The average molecular weight is 476 g/mol. The van der Waals surface area contributed by atoms with Crippen molar-refractivity contribution >= 4 is 56.0 Å². The standard InChI is InChI=1S/C23H25N3O4S.ClH/c1-14-9-10-16(28-4)19-21(14)31-23(24-19)26(12-11-25(2)3)22(27)18-13-15-7-6-8-17(29-5)20(15)30-18;/h6-10,13H,11-12H2,1-5H3;1H. The number of nitrogens with zero attached hydrogens (tertiary/aromatic N) is 3. The molecule has 0 atom stereocenters. The summed E-state index contributed by atoms with van der Waals surface area (Å²) in [4.78, 5) is 22.0. The largest absolute Gasteiger partial charge is 0.494 e. The number of aromatic nitrogens is 1. The maximum Gasteiger partial charge on any atom is 0.295 e. The number of carbonyl (C=O) groups is 1. The zero-order chi connectivity index (χ0) is 22.1. The van der Waals surface area contributed by atoms with Gasteiger partial charge in [-0.3, -0.25) is 9.69 Å². The number of amides is 1. The second kappa shape index (κ2) is 9.77. The Balaban J connectivity index is 0.00000289. The van der Waals surface area contributed by atoms with E-state index >= 15 is 0 Å². The van der Waals surface area contributed by atoms with Gasteiger partial charge in [-0.05, 0) is 44.8 Å².